The summed E-state index contributed by atoms with van der Waals surface area (Å²) in [6.07, 6.45) is 5.67. The molecule has 3 fully saturated rings. The van der Waals surface area contributed by atoms with Crippen LogP contribution in [-0.4, -0.2) is 42.3 Å². The van der Waals surface area contributed by atoms with E-state index in [1.54, 1.807) is 0 Å². The molecule has 0 amide bonds. The van der Waals surface area contributed by atoms with Gasteiger partial charge in [0.1, 0.15) is 11.5 Å². The number of halogens is 2. The van der Waals surface area contributed by atoms with E-state index in [0.29, 0.717) is 16.7 Å². The van der Waals surface area contributed by atoms with Crippen molar-refractivity contribution in [1.82, 2.24) is 25.1 Å². The first-order valence-electron chi connectivity index (χ1n) is 9.53. The normalized spacial score (nSPS) is 26.0. The zero-order chi connectivity index (χ0) is 20.1. The molecule has 2 atom stereocenters. The number of hydrogen-bond acceptors (Lipinski definition) is 6. The van der Waals surface area contributed by atoms with Crippen molar-refractivity contribution in [3.05, 3.63) is 30.1 Å². The van der Waals surface area contributed by atoms with Gasteiger partial charge in [0.25, 0.3) is 0 Å². The second-order valence-corrected chi connectivity index (χ2v) is 7.72. The molecule has 6 rings (SSSR count). The Morgan fingerprint density at radius 1 is 1.14 bits per heavy atom. The van der Waals surface area contributed by atoms with E-state index >= 15 is 0 Å². The fraction of sp³-hybridized carbons (Fsp3) is 0.421. The van der Waals surface area contributed by atoms with Crippen molar-refractivity contribution in [3.63, 3.8) is 0 Å². The molecule has 3 N–H and O–H groups in total. The van der Waals surface area contributed by atoms with Crippen LogP contribution in [0.4, 0.5) is 14.6 Å². The maximum absolute atomic E-state index is 14.5. The van der Waals surface area contributed by atoms with Crippen LogP contribution in [0.25, 0.3) is 22.6 Å². The van der Waals surface area contributed by atoms with E-state index in [1.165, 1.54) is 6.07 Å². The van der Waals surface area contributed by atoms with Gasteiger partial charge in [-0.1, -0.05) is 0 Å². The molecule has 0 saturated heterocycles. The molecule has 3 aliphatic rings. The zero-order valence-corrected chi connectivity index (χ0v) is 15.3. The maximum Gasteiger partial charge on any atom is 0.308 e. The number of hydrogen-bond donors (Lipinski definition) is 3. The Hall–Kier alpha value is -3.17. The minimum atomic E-state index is -0.868. The van der Waals surface area contributed by atoms with Crippen LogP contribution in [0.1, 0.15) is 25.7 Å². The van der Waals surface area contributed by atoms with Crippen LogP contribution in [0.3, 0.4) is 0 Å². The molecule has 0 unspecified atom stereocenters. The summed E-state index contributed by atoms with van der Waals surface area (Å²) >= 11 is 0. The number of fused-ring (bicyclic) bond motifs is 4. The molecule has 3 saturated carbocycles. The van der Waals surface area contributed by atoms with Crippen molar-refractivity contribution in [2.24, 2.45) is 17.8 Å². The minimum Gasteiger partial charge on any atom is -0.481 e. The van der Waals surface area contributed by atoms with Gasteiger partial charge in [-0.05, 0) is 43.6 Å². The van der Waals surface area contributed by atoms with Crippen LogP contribution >= 0.6 is 0 Å². The quantitative estimate of drug-likeness (QED) is 0.616. The largest absolute Gasteiger partial charge is 0.481 e. The molecule has 3 aromatic rings. The lowest BCUT2D eigenvalue weighted by Gasteiger charge is -2.47. The molecule has 150 valence electrons. The van der Waals surface area contributed by atoms with Gasteiger partial charge in [-0.25, -0.2) is 23.7 Å². The Bertz CT molecular complexity index is 1100. The van der Waals surface area contributed by atoms with Crippen molar-refractivity contribution in [2.75, 3.05) is 5.32 Å². The number of aromatic nitrogens is 5. The number of pyridine rings is 1. The van der Waals surface area contributed by atoms with Gasteiger partial charge in [0, 0.05) is 6.04 Å². The van der Waals surface area contributed by atoms with Crippen LogP contribution in [0.15, 0.2) is 18.5 Å². The number of aromatic amines is 1. The van der Waals surface area contributed by atoms with Gasteiger partial charge >= 0.3 is 5.97 Å². The number of nitrogens with one attached hydrogen (secondary N) is 2. The van der Waals surface area contributed by atoms with Crippen LogP contribution in [0.5, 0.6) is 0 Å². The van der Waals surface area contributed by atoms with E-state index in [0.717, 1.165) is 38.1 Å². The topological polar surface area (TPSA) is 117 Å². The van der Waals surface area contributed by atoms with Crippen LogP contribution in [-0.2, 0) is 4.79 Å². The lowest BCUT2D eigenvalue weighted by Crippen LogP contribution is -2.51. The average Bonchev–Trinajstić information content (AvgIpc) is 3.13. The van der Waals surface area contributed by atoms with E-state index in [9.17, 15) is 18.7 Å². The third-order valence-corrected chi connectivity index (χ3v) is 6.15. The van der Waals surface area contributed by atoms with E-state index in [1.807, 2.05) is 0 Å². The molecule has 0 radical (unpaired) electrons. The molecule has 2 bridgehead atoms. The number of nitrogens with zero attached hydrogens (tertiary/aromatic N) is 4. The molecule has 0 spiro atoms. The van der Waals surface area contributed by atoms with Gasteiger partial charge in [0.2, 0.25) is 0 Å². The summed E-state index contributed by atoms with van der Waals surface area (Å²) in [4.78, 5) is 24.0. The highest BCUT2D eigenvalue weighted by molar-refractivity contribution is 5.88. The summed E-state index contributed by atoms with van der Waals surface area (Å²) < 4.78 is 28.1. The number of H-pyrrole nitrogens is 1. The number of carboxylic acids is 1. The minimum absolute atomic E-state index is 0.0640. The second kappa shape index (κ2) is 6.71. The highest BCUT2D eigenvalue weighted by Gasteiger charge is 2.47. The van der Waals surface area contributed by atoms with Gasteiger partial charge in [0.05, 0.1) is 23.7 Å². The first kappa shape index (κ1) is 17.9. The predicted molar refractivity (Wildman–Crippen MR) is 98.8 cm³/mol. The van der Waals surface area contributed by atoms with Crippen molar-refractivity contribution in [3.8, 4) is 11.5 Å². The van der Waals surface area contributed by atoms with E-state index in [4.69, 9.17) is 0 Å². The zero-order valence-electron chi connectivity index (χ0n) is 15.3. The number of rotatable bonds is 4. The van der Waals surface area contributed by atoms with Gasteiger partial charge in [-0.15, -0.1) is 0 Å². The highest BCUT2D eigenvalue weighted by atomic mass is 19.1. The number of carboxylic acid groups (broad SMARTS) is 1. The summed E-state index contributed by atoms with van der Waals surface area (Å²) in [6.45, 7) is 0. The number of carbonyl (C=O) groups is 1. The highest BCUT2D eigenvalue weighted by Crippen LogP contribution is 2.46. The van der Waals surface area contributed by atoms with Gasteiger partial charge < -0.3 is 10.4 Å². The summed E-state index contributed by atoms with van der Waals surface area (Å²) in [7, 11) is 0. The summed E-state index contributed by atoms with van der Waals surface area (Å²) in [6, 6.07) is 0.858. The Balaban J connectivity index is 1.51. The smallest absolute Gasteiger partial charge is 0.308 e. The van der Waals surface area contributed by atoms with Crippen molar-refractivity contribution < 1.29 is 18.7 Å². The molecule has 3 aromatic heterocycles. The third-order valence-electron chi connectivity index (χ3n) is 6.15. The fourth-order valence-electron chi connectivity index (χ4n) is 4.80. The van der Waals surface area contributed by atoms with Crippen molar-refractivity contribution in [1.29, 1.82) is 0 Å². The monoisotopic (exact) mass is 400 g/mol. The van der Waals surface area contributed by atoms with Crippen LogP contribution in [0.2, 0.25) is 0 Å². The summed E-state index contributed by atoms with van der Waals surface area (Å²) in [5.74, 6) is -2.35. The van der Waals surface area contributed by atoms with E-state index in [2.05, 4.69) is 30.5 Å². The summed E-state index contributed by atoms with van der Waals surface area (Å²) in [5.41, 5.74) is 0.606. The van der Waals surface area contributed by atoms with Crippen LogP contribution < -0.4 is 5.32 Å². The Morgan fingerprint density at radius 3 is 2.66 bits per heavy atom. The second-order valence-electron chi connectivity index (χ2n) is 7.72. The fourth-order valence-corrected chi connectivity index (χ4v) is 4.80. The lowest BCUT2D eigenvalue weighted by molar-refractivity contribution is -0.148. The molecular formula is C19H18F2N6O2. The SMILES string of the molecule is O=C(O)[C@@H]1C2CCC(CC2)[C@@H]1Nc1nc(-c2[nH]nc3ncc(F)cc23)ncc1F. The first-order chi connectivity index (χ1) is 14.0. The Kier molecular flexibility index (Phi) is 4.14. The van der Waals surface area contributed by atoms with Crippen molar-refractivity contribution in [2.45, 2.75) is 31.7 Å². The molecular weight excluding hydrogens is 382 g/mol. The molecule has 3 heterocycles. The predicted octanol–water partition coefficient (Wildman–Crippen LogP) is 2.99. The Labute approximate surface area is 163 Å². The standard InChI is InChI=1S/C19H18F2N6O2/c20-10-5-11-15(26-27-16(11)22-6-10)18-23-7-12(21)17(25-18)24-14-9-3-1-8(2-4-9)13(14)19(28)29/h5-9,13-14H,1-4H2,(H,28,29)(H,22,26,27)(H,23,24,25)/t8?,9?,13-,14+/m1/s1. The van der Waals surface area contributed by atoms with Gasteiger partial charge in [-0.2, -0.15) is 5.10 Å². The molecule has 10 heteroatoms. The third kappa shape index (κ3) is 2.99. The average molecular weight is 400 g/mol. The van der Waals surface area contributed by atoms with E-state index < -0.39 is 29.6 Å². The van der Waals surface area contributed by atoms with Crippen molar-refractivity contribution >= 4 is 22.8 Å². The lowest BCUT2D eigenvalue weighted by atomic mass is 9.61. The summed E-state index contributed by atoms with van der Waals surface area (Å²) in [5, 5.41) is 19.8. The number of anilines is 1. The molecule has 3 aliphatic carbocycles. The molecule has 0 aromatic carbocycles. The molecule has 8 nitrogen and oxygen atoms in total. The Morgan fingerprint density at radius 2 is 1.90 bits per heavy atom. The molecule has 0 aliphatic heterocycles. The maximum atomic E-state index is 14.5. The van der Waals surface area contributed by atoms with E-state index in [-0.39, 0.29) is 23.5 Å². The first-order valence-corrected chi connectivity index (χ1v) is 9.53. The molecule has 29 heavy (non-hydrogen) atoms. The van der Waals surface area contributed by atoms with Gasteiger partial charge in [-0.3, -0.25) is 9.89 Å². The van der Waals surface area contributed by atoms with Gasteiger partial charge in [0.15, 0.2) is 23.1 Å². The van der Waals surface area contributed by atoms with Crippen LogP contribution in [0, 0.1) is 29.4 Å². The number of aliphatic carboxylic acids is 1.